The van der Waals surface area contributed by atoms with Crippen molar-refractivity contribution in [2.45, 2.75) is 48.7 Å². The summed E-state index contributed by atoms with van der Waals surface area (Å²) < 4.78 is 5.51. The number of thiocarbonyl (C=S) groups is 1. The quantitative estimate of drug-likeness (QED) is 0.306. The van der Waals surface area contributed by atoms with Crippen LogP contribution in [-0.4, -0.2) is 84.7 Å². The number of hydrogen-bond acceptors (Lipinski definition) is 8. The van der Waals surface area contributed by atoms with Crippen LogP contribution in [0.3, 0.4) is 0 Å². The highest BCUT2D eigenvalue weighted by atomic mass is 32.2. The molecule has 22 heavy (non-hydrogen) atoms. The van der Waals surface area contributed by atoms with Gasteiger partial charge in [-0.1, -0.05) is 12.2 Å². The van der Waals surface area contributed by atoms with E-state index in [2.05, 4.69) is 5.32 Å². The zero-order chi connectivity index (χ0) is 17.1. The molecule has 0 aromatic rings. The number of rotatable bonds is 6. The number of carboxylic acid groups (broad SMARTS) is 1. The van der Waals surface area contributed by atoms with E-state index >= 15 is 0 Å². The van der Waals surface area contributed by atoms with Crippen molar-refractivity contribution in [1.29, 1.82) is 0 Å². The van der Waals surface area contributed by atoms with E-state index in [-0.39, 0.29) is 6.42 Å². The maximum absolute atomic E-state index is 11.5. The van der Waals surface area contributed by atoms with Crippen LogP contribution in [0.2, 0.25) is 0 Å². The van der Waals surface area contributed by atoms with E-state index in [1.54, 1.807) is 6.92 Å². The average Bonchev–Trinajstić information content (AvgIpc) is 2.46. The molecule has 6 atom stereocenters. The van der Waals surface area contributed by atoms with Gasteiger partial charge in [0.2, 0.25) is 4.93 Å². The van der Waals surface area contributed by atoms with E-state index in [0.717, 1.165) is 11.8 Å². The molecule has 1 heterocycles. The van der Waals surface area contributed by atoms with Crippen LogP contribution in [0.25, 0.3) is 0 Å². The van der Waals surface area contributed by atoms with Crippen LogP contribution in [-0.2, 0) is 9.53 Å². The van der Waals surface area contributed by atoms with E-state index in [9.17, 15) is 25.2 Å². The minimum Gasteiger partial charge on any atom is -0.478 e. The molecule has 0 radical (unpaired) electrons. The summed E-state index contributed by atoms with van der Waals surface area (Å²) in [6, 6.07) is -0.909. The smallest absolute Gasteiger partial charge is 0.346 e. The second-order valence-electron chi connectivity index (χ2n) is 5.08. The lowest BCUT2D eigenvalue weighted by atomic mass is 9.90. The average molecular weight is 355 g/mol. The number of aliphatic hydroxyl groups excluding tert-OH is 4. The fraction of sp³-hybridized carbons (Fsp3) is 0.833. The number of thioether (sulfide) groups is 1. The lowest BCUT2D eigenvalue weighted by molar-refractivity contribution is -0.203. The third-order valence-electron chi connectivity index (χ3n) is 3.52. The first-order valence-electron chi connectivity index (χ1n) is 6.57. The van der Waals surface area contributed by atoms with Crippen molar-refractivity contribution >= 4 is 34.9 Å². The fourth-order valence-electron chi connectivity index (χ4n) is 2.34. The van der Waals surface area contributed by atoms with Crippen molar-refractivity contribution in [3.8, 4) is 0 Å². The van der Waals surface area contributed by atoms with Crippen molar-refractivity contribution in [1.82, 2.24) is 5.32 Å². The highest BCUT2D eigenvalue weighted by Crippen LogP contribution is 2.39. The molecule has 6 N–H and O–H groups in total. The number of carboxylic acids is 1. The van der Waals surface area contributed by atoms with E-state index in [1.165, 1.54) is 6.26 Å². The van der Waals surface area contributed by atoms with Crippen LogP contribution < -0.4 is 5.32 Å². The molecule has 0 aromatic carbocycles. The summed E-state index contributed by atoms with van der Waals surface area (Å²) in [6.45, 7) is 0.821. The van der Waals surface area contributed by atoms with Crippen LogP contribution >= 0.6 is 24.0 Å². The van der Waals surface area contributed by atoms with Gasteiger partial charge in [0.15, 0.2) is 0 Å². The third-order valence-corrected chi connectivity index (χ3v) is 4.73. The molecule has 1 aliphatic rings. The van der Waals surface area contributed by atoms with Gasteiger partial charge >= 0.3 is 5.97 Å². The van der Waals surface area contributed by atoms with Gasteiger partial charge < -0.3 is 35.6 Å². The Balaban J connectivity index is 3.14. The maximum Gasteiger partial charge on any atom is 0.346 e. The first-order valence-corrected chi connectivity index (χ1v) is 8.20. The minimum atomic E-state index is -1.76. The molecule has 128 valence electrons. The highest BCUT2D eigenvalue weighted by molar-refractivity contribution is 8.00. The second kappa shape index (κ2) is 7.86. The van der Waals surface area contributed by atoms with Crippen molar-refractivity contribution < 1.29 is 35.1 Å². The topological polar surface area (TPSA) is 139 Å². The lowest BCUT2D eigenvalue weighted by Gasteiger charge is -2.46. The number of nitrogens with one attached hydrogen (secondary N) is 1. The Morgan fingerprint density at radius 3 is 2.55 bits per heavy atom. The van der Waals surface area contributed by atoms with Crippen LogP contribution in [0.1, 0.15) is 13.3 Å². The van der Waals surface area contributed by atoms with E-state index in [1.807, 2.05) is 0 Å². The van der Waals surface area contributed by atoms with E-state index < -0.39 is 48.0 Å². The van der Waals surface area contributed by atoms with E-state index in [0.29, 0.717) is 4.99 Å². The Morgan fingerprint density at radius 2 is 2.14 bits per heavy atom. The Hall–Kier alpha value is -0.490. The van der Waals surface area contributed by atoms with E-state index in [4.69, 9.17) is 22.1 Å². The predicted octanol–water partition coefficient (Wildman–Crippen LogP) is -1.70. The number of ether oxygens (including phenoxy) is 1. The summed E-state index contributed by atoms with van der Waals surface area (Å²) in [6.07, 6.45) is -4.31. The zero-order valence-electron chi connectivity index (χ0n) is 12.2. The molecule has 1 fully saturated rings. The lowest BCUT2D eigenvalue weighted by Crippen LogP contribution is -2.66. The summed E-state index contributed by atoms with van der Waals surface area (Å²) in [5.74, 6) is -1.30. The van der Waals surface area contributed by atoms with Crippen LogP contribution in [0.4, 0.5) is 0 Å². The van der Waals surface area contributed by atoms with Gasteiger partial charge in [0, 0.05) is 6.42 Å². The van der Waals surface area contributed by atoms with Crippen LogP contribution in [0.5, 0.6) is 0 Å². The van der Waals surface area contributed by atoms with Crippen molar-refractivity contribution in [2.75, 3.05) is 12.9 Å². The summed E-state index contributed by atoms with van der Waals surface area (Å²) in [5.41, 5.74) is 0. The summed E-state index contributed by atoms with van der Waals surface area (Å²) in [7, 11) is 0. The number of hydrogen-bond donors (Lipinski definition) is 6. The van der Waals surface area contributed by atoms with Gasteiger partial charge in [-0.05, 0) is 13.2 Å². The zero-order valence-corrected chi connectivity index (χ0v) is 13.8. The molecular formula is C12H21NO7S2. The standard InChI is InChI=1S/C12H21NO7S2/c1-5(21)13-8-6(15)3-12(22-2,11(18)19)20-10(8)9(17)7(16)4-14/h6-10,14-17H,3-4H2,1-2H3,(H,13,21)(H,18,19)/t6-,7+,8+,9+,10+,12-/m0/s1. The number of carbonyl (C=O) groups is 1. The Bertz CT molecular complexity index is 424. The molecule has 0 amide bonds. The van der Waals surface area contributed by atoms with Crippen molar-refractivity contribution in [3.05, 3.63) is 0 Å². The maximum atomic E-state index is 11.5. The van der Waals surface area contributed by atoms with Gasteiger partial charge in [0.1, 0.15) is 18.3 Å². The third kappa shape index (κ3) is 4.07. The molecule has 0 bridgehead atoms. The minimum absolute atomic E-state index is 0.220. The molecule has 0 saturated carbocycles. The predicted molar refractivity (Wildman–Crippen MR) is 83.7 cm³/mol. The largest absolute Gasteiger partial charge is 0.478 e. The number of aliphatic carboxylic acids is 1. The normalized spacial score (nSPS) is 34.7. The molecular weight excluding hydrogens is 334 g/mol. The van der Waals surface area contributed by atoms with Crippen molar-refractivity contribution in [2.24, 2.45) is 0 Å². The molecule has 1 rings (SSSR count). The Morgan fingerprint density at radius 1 is 1.55 bits per heavy atom. The van der Waals surface area contributed by atoms with Gasteiger partial charge in [-0.15, -0.1) is 11.8 Å². The van der Waals surface area contributed by atoms with Gasteiger partial charge in [0.25, 0.3) is 0 Å². The summed E-state index contributed by atoms with van der Waals surface area (Å²) in [5, 5.41) is 51.1. The molecule has 0 unspecified atom stereocenters. The molecule has 8 nitrogen and oxygen atoms in total. The summed E-state index contributed by atoms with van der Waals surface area (Å²) >= 11 is 5.78. The van der Waals surface area contributed by atoms with Gasteiger partial charge in [-0.25, -0.2) is 4.79 Å². The molecule has 1 saturated heterocycles. The first kappa shape index (κ1) is 19.6. The van der Waals surface area contributed by atoms with Gasteiger partial charge in [-0.2, -0.15) is 0 Å². The molecule has 0 spiro atoms. The highest BCUT2D eigenvalue weighted by Gasteiger charge is 2.54. The first-order chi connectivity index (χ1) is 10.2. The molecule has 0 aromatic heterocycles. The SMILES string of the molecule is CS[C@]1(C(=O)O)C[C@H](O)[C@@H](NC(C)=S)[C@H]([C@H](O)[C@H](O)CO)O1. The second-order valence-corrected chi connectivity index (χ2v) is 6.76. The van der Waals surface area contributed by atoms with Crippen LogP contribution in [0, 0.1) is 0 Å². The molecule has 10 heteroatoms. The van der Waals surface area contributed by atoms with Crippen LogP contribution in [0.15, 0.2) is 0 Å². The van der Waals surface area contributed by atoms with Gasteiger partial charge in [-0.3, -0.25) is 0 Å². The summed E-state index contributed by atoms with van der Waals surface area (Å²) in [4.78, 5) is 10.1. The number of aliphatic hydroxyl groups is 4. The molecule has 1 aliphatic heterocycles. The molecule has 0 aliphatic carbocycles. The fourth-order valence-corrected chi connectivity index (χ4v) is 3.20. The van der Waals surface area contributed by atoms with Gasteiger partial charge in [0.05, 0.1) is 23.7 Å². The Kier molecular flexibility index (Phi) is 6.99. The monoisotopic (exact) mass is 355 g/mol. The van der Waals surface area contributed by atoms with Crippen molar-refractivity contribution in [3.63, 3.8) is 0 Å². The Labute approximate surface area is 137 Å².